The van der Waals surface area contributed by atoms with Crippen molar-refractivity contribution >= 4 is 35.1 Å². The van der Waals surface area contributed by atoms with Crippen molar-refractivity contribution in [1.29, 1.82) is 0 Å². The molecular weight excluding hydrogens is 289 g/mol. The number of benzene rings is 1. The first kappa shape index (κ1) is 15.8. The highest BCUT2D eigenvalue weighted by Crippen LogP contribution is 2.21. The van der Waals surface area contributed by atoms with Gasteiger partial charge in [0.15, 0.2) is 0 Å². The molecule has 0 heterocycles. The van der Waals surface area contributed by atoms with Crippen LogP contribution in [0.2, 0.25) is 10.0 Å². The number of carboxylic acid groups (broad SMARTS) is 1. The lowest BCUT2D eigenvalue weighted by Gasteiger charge is -2.11. The molecule has 19 heavy (non-hydrogen) atoms. The predicted octanol–water partition coefficient (Wildman–Crippen LogP) is 2.76. The molecule has 4 nitrogen and oxygen atoms in total. The molecule has 0 bridgehead atoms. The van der Waals surface area contributed by atoms with Crippen molar-refractivity contribution in [1.82, 2.24) is 5.32 Å². The van der Waals surface area contributed by atoms with Crippen molar-refractivity contribution < 1.29 is 14.7 Å². The molecule has 0 saturated heterocycles. The molecule has 0 aliphatic rings. The lowest BCUT2D eigenvalue weighted by atomic mass is 10.1. The number of nitrogens with one attached hydrogen (secondary N) is 1. The SMILES string of the molecule is CCC(CNC(=O)Cc1ccc(Cl)cc1Cl)C(=O)O. The Morgan fingerprint density at radius 1 is 1.37 bits per heavy atom. The monoisotopic (exact) mass is 303 g/mol. The van der Waals surface area contributed by atoms with Gasteiger partial charge in [0.05, 0.1) is 12.3 Å². The fraction of sp³-hybridized carbons (Fsp3) is 0.385. The van der Waals surface area contributed by atoms with Crippen LogP contribution in [0.3, 0.4) is 0 Å². The molecule has 6 heteroatoms. The van der Waals surface area contributed by atoms with Gasteiger partial charge in [0, 0.05) is 16.6 Å². The molecule has 2 N–H and O–H groups in total. The van der Waals surface area contributed by atoms with Gasteiger partial charge in [0.1, 0.15) is 0 Å². The Hall–Kier alpha value is -1.26. The number of carbonyl (C=O) groups excluding carboxylic acids is 1. The number of hydrogen-bond acceptors (Lipinski definition) is 2. The smallest absolute Gasteiger partial charge is 0.308 e. The van der Waals surface area contributed by atoms with Crippen molar-refractivity contribution in [3.8, 4) is 0 Å². The second-order valence-corrected chi connectivity index (χ2v) is 5.00. The average molecular weight is 304 g/mol. The second-order valence-electron chi connectivity index (χ2n) is 4.16. The third-order valence-electron chi connectivity index (χ3n) is 2.75. The zero-order valence-corrected chi connectivity index (χ0v) is 12.0. The first-order chi connectivity index (χ1) is 8.93. The molecule has 1 amide bonds. The largest absolute Gasteiger partial charge is 0.481 e. The molecular formula is C13H15Cl2NO3. The van der Waals surface area contributed by atoms with Crippen molar-refractivity contribution in [2.45, 2.75) is 19.8 Å². The molecule has 1 atom stereocenters. The van der Waals surface area contributed by atoms with E-state index in [9.17, 15) is 9.59 Å². The molecule has 1 aromatic carbocycles. The first-order valence-corrected chi connectivity index (χ1v) is 6.63. The number of halogens is 2. The van der Waals surface area contributed by atoms with Crippen LogP contribution in [0.5, 0.6) is 0 Å². The quantitative estimate of drug-likeness (QED) is 0.849. The lowest BCUT2D eigenvalue weighted by molar-refractivity contribution is -0.141. The van der Waals surface area contributed by atoms with Gasteiger partial charge in [-0.3, -0.25) is 9.59 Å². The zero-order valence-electron chi connectivity index (χ0n) is 10.5. The number of carboxylic acids is 1. The maximum absolute atomic E-state index is 11.7. The fourth-order valence-corrected chi connectivity index (χ4v) is 2.02. The van der Waals surface area contributed by atoms with Crippen LogP contribution in [0.25, 0.3) is 0 Å². The molecule has 0 radical (unpaired) electrons. The summed E-state index contributed by atoms with van der Waals surface area (Å²) in [7, 11) is 0. The van der Waals surface area contributed by atoms with E-state index in [4.69, 9.17) is 28.3 Å². The van der Waals surface area contributed by atoms with E-state index in [0.717, 1.165) is 0 Å². The number of amides is 1. The average Bonchev–Trinajstić information content (AvgIpc) is 2.33. The number of hydrogen-bond donors (Lipinski definition) is 2. The van der Waals surface area contributed by atoms with E-state index in [1.54, 1.807) is 25.1 Å². The third kappa shape index (κ3) is 5.09. The topological polar surface area (TPSA) is 66.4 Å². The van der Waals surface area contributed by atoms with E-state index < -0.39 is 11.9 Å². The molecule has 0 spiro atoms. The third-order valence-corrected chi connectivity index (χ3v) is 3.34. The Balaban J connectivity index is 2.53. The minimum absolute atomic E-state index is 0.103. The van der Waals surface area contributed by atoms with Gasteiger partial charge in [-0.15, -0.1) is 0 Å². The van der Waals surface area contributed by atoms with Crippen LogP contribution < -0.4 is 5.32 Å². The van der Waals surface area contributed by atoms with Crippen LogP contribution in [-0.2, 0) is 16.0 Å². The van der Waals surface area contributed by atoms with E-state index in [2.05, 4.69) is 5.32 Å². The van der Waals surface area contributed by atoms with Gasteiger partial charge in [-0.1, -0.05) is 36.2 Å². The van der Waals surface area contributed by atoms with Crippen molar-refractivity contribution in [3.05, 3.63) is 33.8 Å². The Bertz CT molecular complexity index is 477. The predicted molar refractivity (Wildman–Crippen MR) is 74.6 cm³/mol. The van der Waals surface area contributed by atoms with Crippen molar-refractivity contribution in [2.24, 2.45) is 5.92 Å². The van der Waals surface area contributed by atoms with Crippen LogP contribution >= 0.6 is 23.2 Å². The molecule has 0 fully saturated rings. The summed E-state index contributed by atoms with van der Waals surface area (Å²) in [4.78, 5) is 22.5. The summed E-state index contributed by atoms with van der Waals surface area (Å²) < 4.78 is 0. The minimum Gasteiger partial charge on any atom is -0.481 e. The highest BCUT2D eigenvalue weighted by molar-refractivity contribution is 6.35. The van der Waals surface area contributed by atoms with Crippen LogP contribution in [0.1, 0.15) is 18.9 Å². The number of aliphatic carboxylic acids is 1. The second kappa shape index (κ2) is 7.36. The Morgan fingerprint density at radius 2 is 2.05 bits per heavy atom. The number of carbonyl (C=O) groups is 2. The Labute approximate surface area is 121 Å². The lowest BCUT2D eigenvalue weighted by Crippen LogP contribution is -2.33. The van der Waals surface area contributed by atoms with E-state index in [0.29, 0.717) is 22.0 Å². The molecule has 1 unspecified atom stereocenters. The summed E-state index contributed by atoms with van der Waals surface area (Å²) in [5.74, 6) is -1.74. The van der Waals surface area contributed by atoms with Crippen molar-refractivity contribution in [2.75, 3.05) is 6.54 Å². The standard InChI is InChI=1S/C13H15Cl2NO3/c1-2-8(13(18)19)7-16-12(17)5-9-3-4-10(14)6-11(9)15/h3-4,6,8H,2,5,7H2,1H3,(H,16,17)(H,18,19). The van der Waals surface area contributed by atoms with Gasteiger partial charge >= 0.3 is 5.97 Å². The van der Waals surface area contributed by atoms with E-state index in [-0.39, 0.29) is 18.9 Å². The molecule has 1 aromatic rings. The number of rotatable bonds is 6. The fourth-order valence-electron chi connectivity index (χ4n) is 1.54. The Morgan fingerprint density at radius 3 is 2.58 bits per heavy atom. The summed E-state index contributed by atoms with van der Waals surface area (Å²) in [6.07, 6.45) is 0.573. The van der Waals surface area contributed by atoms with E-state index in [1.807, 2.05) is 0 Å². The van der Waals surface area contributed by atoms with Crippen molar-refractivity contribution in [3.63, 3.8) is 0 Å². The molecule has 0 aliphatic heterocycles. The molecule has 104 valence electrons. The van der Waals surface area contributed by atoms with Crippen LogP contribution in [0.4, 0.5) is 0 Å². The summed E-state index contributed by atoms with van der Waals surface area (Å²) in [5.41, 5.74) is 0.659. The Kier molecular flexibility index (Phi) is 6.12. The molecule has 1 rings (SSSR count). The van der Waals surface area contributed by atoms with E-state index >= 15 is 0 Å². The summed E-state index contributed by atoms with van der Waals surface area (Å²) >= 11 is 11.7. The van der Waals surface area contributed by atoms with E-state index in [1.165, 1.54) is 0 Å². The maximum atomic E-state index is 11.7. The minimum atomic E-state index is -0.910. The highest BCUT2D eigenvalue weighted by atomic mass is 35.5. The van der Waals surface area contributed by atoms with Gasteiger partial charge < -0.3 is 10.4 Å². The molecule has 0 aromatic heterocycles. The van der Waals surface area contributed by atoms with Gasteiger partial charge in [0.25, 0.3) is 0 Å². The van der Waals surface area contributed by atoms with Crippen LogP contribution in [-0.4, -0.2) is 23.5 Å². The summed E-state index contributed by atoms with van der Waals surface area (Å²) in [5, 5.41) is 12.4. The van der Waals surface area contributed by atoms with Gasteiger partial charge in [0.2, 0.25) is 5.91 Å². The molecule has 0 aliphatic carbocycles. The highest BCUT2D eigenvalue weighted by Gasteiger charge is 2.16. The van der Waals surface area contributed by atoms with Crippen LogP contribution in [0, 0.1) is 5.92 Å². The van der Waals surface area contributed by atoms with Crippen LogP contribution in [0.15, 0.2) is 18.2 Å². The van der Waals surface area contributed by atoms with Gasteiger partial charge in [-0.2, -0.15) is 0 Å². The molecule has 0 saturated carbocycles. The maximum Gasteiger partial charge on any atom is 0.308 e. The first-order valence-electron chi connectivity index (χ1n) is 5.87. The normalized spacial score (nSPS) is 11.9. The zero-order chi connectivity index (χ0) is 14.4. The summed E-state index contributed by atoms with van der Waals surface area (Å²) in [6.45, 7) is 1.89. The summed E-state index contributed by atoms with van der Waals surface area (Å²) in [6, 6.07) is 4.90. The van der Waals surface area contributed by atoms with Gasteiger partial charge in [-0.25, -0.2) is 0 Å². The van der Waals surface area contributed by atoms with Gasteiger partial charge in [-0.05, 0) is 24.1 Å².